The Morgan fingerprint density at radius 2 is 2.25 bits per heavy atom. The molecule has 0 spiro atoms. The summed E-state index contributed by atoms with van der Waals surface area (Å²) in [4.78, 5) is 0. The summed E-state index contributed by atoms with van der Waals surface area (Å²) in [7, 11) is 0. The molecule has 0 aliphatic rings. The zero-order valence-corrected chi connectivity index (χ0v) is 2.68. The quantitative estimate of drug-likeness (QED) is 0.390. The Kier molecular flexibility index (Phi) is 2.73. The summed E-state index contributed by atoms with van der Waals surface area (Å²) in [5.41, 5.74) is 0. The van der Waals surface area contributed by atoms with Crippen LogP contribution in [0.3, 0.4) is 0 Å². The predicted octanol–water partition coefficient (Wildman–Crippen LogP) is 1.19. The molecular weight excluding hydrogens is 75.1 g/mol. The van der Waals surface area contributed by atoms with Crippen LogP contribution in [0.2, 0.25) is 0 Å². The van der Waals surface area contributed by atoms with Crippen molar-refractivity contribution in [2.24, 2.45) is 0 Å². The Labute approximate surface area is 28.7 Å². The van der Waals surface area contributed by atoms with Crippen LogP contribution in [-0.2, 0) is 0 Å². The Bertz CT molecular complexity index is 35.8. The highest BCUT2D eigenvalue weighted by Gasteiger charge is 1.51. The smallest absolute Gasteiger partial charge is 0.134 e. The predicted molar refractivity (Wildman–Crippen MR) is 17.5 cm³/mol. The van der Waals surface area contributed by atoms with Gasteiger partial charge in [-0.25, -0.2) is 0 Å². The van der Waals surface area contributed by atoms with Gasteiger partial charge in [0.25, 0.3) is 0 Å². The third-order valence-electron chi connectivity index (χ3n) is 0.0445. The largest absolute Gasteiger partial charge is 0.150 e. The normalized spacial score (nSPS) is 5.00. The number of terminal acetylenes is 1. The minimum Gasteiger partial charge on any atom is -0.150 e. The van der Waals surface area contributed by atoms with E-state index >= 15 is 0 Å². The van der Waals surface area contributed by atoms with Crippen LogP contribution in [0.5, 0.6) is 0 Å². The molecular formula is C2HFS. The lowest BCUT2D eigenvalue weighted by molar-refractivity contribution is 0.949. The molecule has 0 N–H and O–H groups in total. The first kappa shape index (κ1) is 3.84. The molecule has 0 aliphatic carbocycles. The molecule has 0 saturated carbocycles. The lowest BCUT2D eigenvalue weighted by Crippen LogP contribution is -1.15. The van der Waals surface area contributed by atoms with E-state index in [1.54, 1.807) is 5.25 Å². The summed E-state index contributed by atoms with van der Waals surface area (Å²) in [6.07, 6.45) is 4.37. The SMILES string of the molecule is C#CSF. The van der Waals surface area contributed by atoms with Crippen molar-refractivity contribution in [2.75, 3.05) is 0 Å². The number of rotatable bonds is 0. The van der Waals surface area contributed by atoms with E-state index in [1.807, 2.05) is 0 Å². The highest BCUT2D eigenvalue weighted by Crippen LogP contribution is 1.90. The van der Waals surface area contributed by atoms with Gasteiger partial charge in [-0.1, -0.05) is 0 Å². The van der Waals surface area contributed by atoms with Crippen molar-refractivity contribution in [3.63, 3.8) is 0 Å². The van der Waals surface area contributed by atoms with Gasteiger partial charge < -0.3 is 0 Å². The number of halogens is 1. The molecule has 0 saturated heterocycles. The molecule has 0 heterocycles. The van der Waals surface area contributed by atoms with E-state index in [1.165, 1.54) is 0 Å². The molecule has 0 aromatic heterocycles. The molecule has 0 amide bonds. The number of hydrogen-bond acceptors (Lipinski definition) is 1. The fourth-order valence-corrected chi connectivity index (χ4v) is 0. The van der Waals surface area contributed by atoms with Gasteiger partial charge in [-0.15, -0.1) is 6.42 Å². The molecule has 0 rings (SSSR count). The van der Waals surface area contributed by atoms with Gasteiger partial charge in [0.15, 0.2) is 0 Å². The zero-order valence-electron chi connectivity index (χ0n) is 1.86. The maximum absolute atomic E-state index is 10.4. The summed E-state index contributed by atoms with van der Waals surface area (Å²) in [6.45, 7) is 0. The summed E-state index contributed by atoms with van der Waals surface area (Å²) in [5.74, 6) is 0. The van der Waals surface area contributed by atoms with E-state index in [-0.39, 0.29) is 12.1 Å². The maximum Gasteiger partial charge on any atom is 0.134 e. The van der Waals surface area contributed by atoms with Crippen LogP contribution in [-0.4, -0.2) is 0 Å². The van der Waals surface area contributed by atoms with Crippen LogP contribution in [0.15, 0.2) is 0 Å². The molecule has 0 unspecified atom stereocenters. The lowest BCUT2D eigenvalue weighted by Gasteiger charge is -1.46. The molecule has 4 heavy (non-hydrogen) atoms. The van der Waals surface area contributed by atoms with Crippen molar-refractivity contribution in [1.29, 1.82) is 0 Å². The topological polar surface area (TPSA) is 0 Å². The highest BCUT2D eigenvalue weighted by molar-refractivity contribution is 7.99. The fraction of sp³-hybridized carbons (Fsp3) is 0. The second kappa shape index (κ2) is 2.84. The Morgan fingerprint density at radius 3 is 2.25 bits per heavy atom. The van der Waals surface area contributed by atoms with Crippen molar-refractivity contribution in [3.05, 3.63) is 0 Å². The summed E-state index contributed by atoms with van der Waals surface area (Å²) in [6, 6.07) is 0. The van der Waals surface area contributed by atoms with Crippen LogP contribution in [0.4, 0.5) is 3.89 Å². The van der Waals surface area contributed by atoms with Crippen LogP contribution in [0, 0.1) is 11.7 Å². The van der Waals surface area contributed by atoms with Crippen molar-refractivity contribution in [3.8, 4) is 11.7 Å². The van der Waals surface area contributed by atoms with Crippen molar-refractivity contribution < 1.29 is 3.89 Å². The van der Waals surface area contributed by atoms with Gasteiger partial charge in [0.2, 0.25) is 0 Å². The van der Waals surface area contributed by atoms with E-state index < -0.39 is 0 Å². The second-order valence-electron chi connectivity index (χ2n) is 0.195. The molecule has 0 aromatic rings. The Hall–Kier alpha value is -0.160. The Balaban J connectivity index is 2.43. The summed E-state index contributed by atoms with van der Waals surface area (Å²) < 4.78 is 10.4. The highest BCUT2D eigenvalue weighted by atomic mass is 32.2. The van der Waals surface area contributed by atoms with Gasteiger partial charge in [0, 0.05) is 0 Å². The first-order chi connectivity index (χ1) is 1.91. The average Bonchev–Trinajstić information content (AvgIpc) is 1.37. The van der Waals surface area contributed by atoms with E-state index in [4.69, 9.17) is 0 Å². The lowest BCUT2D eigenvalue weighted by atomic mass is 11.4. The molecule has 0 fully saturated rings. The minimum absolute atomic E-state index is 0.116. The van der Waals surface area contributed by atoms with E-state index in [0.29, 0.717) is 0 Å². The molecule has 0 aliphatic heterocycles. The maximum atomic E-state index is 10.4. The van der Waals surface area contributed by atoms with Gasteiger partial charge >= 0.3 is 0 Å². The van der Waals surface area contributed by atoms with Crippen molar-refractivity contribution >= 4 is 12.1 Å². The van der Waals surface area contributed by atoms with E-state index in [0.717, 1.165) is 0 Å². The van der Waals surface area contributed by atoms with Crippen molar-refractivity contribution in [2.45, 2.75) is 0 Å². The minimum atomic E-state index is -0.116. The molecule has 0 atom stereocenters. The number of hydrogen-bond donors (Lipinski definition) is 0. The third-order valence-corrected chi connectivity index (χ3v) is 0.134. The molecule has 22 valence electrons. The van der Waals surface area contributed by atoms with Gasteiger partial charge in [-0.05, 0) is 5.25 Å². The monoisotopic (exact) mass is 76.0 g/mol. The molecule has 0 aromatic carbocycles. The van der Waals surface area contributed by atoms with Crippen molar-refractivity contribution in [1.82, 2.24) is 0 Å². The van der Waals surface area contributed by atoms with Crippen LogP contribution in [0.1, 0.15) is 0 Å². The van der Waals surface area contributed by atoms with Gasteiger partial charge in [0.1, 0.15) is 12.1 Å². The van der Waals surface area contributed by atoms with Crippen LogP contribution >= 0.6 is 12.1 Å². The van der Waals surface area contributed by atoms with Gasteiger partial charge in [0.05, 0.1) is 0 Å². The molecule has 0 bridgehead atoms. The van der Waals surface area contributed by atoms with E-state index in [2.05, 4.69) is 6.42 Å². The molecule has 0 radical (unpaired) electrons. The van der Waals surface area contributed by atoms with Gasteiger partial charge in [-0.2, -0.15) is 3.89 Å². The molecule has 0 nitrogen and oxygen atoms in total. The average molecular weight is 76.1 g/mol. The van der Waals surface area contributed by atoms with Gasteiger partial charge in [-0.3, -0.25) is 0 Å². The van der Waals surface area contributed by atoms with Crippen LogP contribution in [0.25, 0.3) is 0 Å². The third kappa shape index (κ3) is 1.84. The zero-order chi connectivity index (χ0) is 3.41. The first-order valence-corrected chi connectivity index (χ1v) is 1.36. The summed E-state index contributed by atoms with van der Waals surface area (Å²) >= 11 is -0.116. The Morgan fingerprint density at radius 1 is 2.00 bits per heavy atom. The van der Waals surface area contributed by atoms with E-state index in [9.17, 15) is 3.89 Å². The standard InChI is InChI=1S/C2HFS/c1-2-4-3/h1H. The molecule has 2 heteroatoms. The summed E-state index contributed by atoms with van der Waals surface area (Å²) in [5, 5.41) is 1.68. The fourth-order valence-electron chi connectivity index (χ4n) is 0. The van der Waals surface area contributed by atoms with Crippen LogP contribution < -0.4 is 0 Å². The second-order valence-corrected chi connectivity index (χ2v) is 0.585. The first-order valence-electron chi connectivity index (χ1n) is 0.647.